The van der Waals surface area contributed by atoms with Gasteiger partial charge >= 0.3 is 0 Å². The van der Waals surface area contributed by atoms with Crippen LogP contribution in [0.3, 0.4) is 0 Å². The lowest BCUT2D eigenvalue weighted by molar-refractivity contribution is 0.412. The maximum absolute atomic E-state index is 5.20. The molecule has 7 heteroatoms. The average molecular weight is 408 g/mol. The Morgan fingerprint density at radius 1 is 1.17 bits per heavy atom. The molecule has 2 rings (SSSR count). The van der Waals surface area contributed by atoms with Gasteiger partial charge in [-0.05, 0) is 75.7 Å². The molecule has 0 saturated carbocycles. The van der Waals surface area contributed by atoms with Gasteiger partial charge in [-0.25, -0.2) is 0 Å². The third kappa shape index (κ3) is 5.50. The second-order valence-corrected chi connectivity index (χ2v) is 6.06. The van der Waals surface area contributed by atoms with Gasteiger partial charge in [0.25, 0.3) is 0 Å². The summed E-state index contributed by atoms with van der Waals surface area (Å²) in [5.74, 6) is 1.60. The van der Waals surface area contributed by atoms with Crippen molar-refractivity contribution in [3.8, 4) is 11.5 Å². The third-order valence-corrected chi connectivity index (χ3v) is 4.02. The Balaban J connectivity index is 1.80. The normalized spacial score (nSPS) is 10.5. The van der Waals surface area contributed by atoms with Crippen molar-refractivity contribution in [2.75, 3.05) is 14.2 Å². The van der Waals surface area contributed by atoms with E-state index in [0.29, 0.717) is 11.7 Å². The summed E-state index contributed by atoms with van der Waals surface area (Å²) in [5, 5.41) is 7.65. The van der Waals surface area contributed by atoms with Crippen molar-refractivity contribution in [3.63, 3.8) is 0 Å². The van der Waals surface area contributed by atoms with E-state index in [-0.39, 0.29) is 0 Å². The summed E-state index contributed by atoms with van der Waals surface area (Å²) in [7, 11) is 3.27. The summed E-state index contributed by atoms with van der Waals surface area (Å²) >= 11 is 8.66. The molecule has 0 aliphatic heterocycles. The fourth-order valence-electron chi connectivity index (χ4n) is 1.90. The van der Waals surface area contributed by atoms with Gasteiger partial charge in [0.1, 0.15) is 11.5 Å². The molecular weight excluding hydrogens is 390 g/mol. The minimum Gasteiger partial charge on any atom is -0.497 e. The maximum atomic E-state index is 5.20. The first-order chi connectivity index (χ1) is 11.6. The number of hydrazone groups is 1. The molecule has 0 aromatic heterocycles. The van der Waals surface area contributed by atoms with Crippen LogP contribution in [0.5, 0.6) is 11.5 Å². The van der Waals surface area contributed by atoms with Crippen LogP contribution < -0.4 is 20.2 Å². The molecule has 24 heavy (non-hydrogen) atoms. The number of nitrogens with one attached hydrogen (secondary N) is 2. The highest BCUT2D eigenvalue weighted by Crippen LogP contribution is 2.25. The summed E-state index contributed by atoms with van der Waals surface area (Å²) in [5.41, 5.74) is 4.81. The number of ether oxygens (including phenoxy) is 2. The second-order valence-electron chi connectivity index (χ2n) is 4.79. The summed E-state index contributed by atoms with van der Waals surface area (Å²) < 4.78 is 11.2. The summed E-state index contributed by atoms with van der Waals surface area (Å²) in [6, 6.07) is 13.4. The highest BCUT2D eigenvalue weighted by atomic mass is 79.9. The van der Waals surface area contributed by atoms with E-state index in [9.17, 15) is 0 Å². The molecule has 0 bridgehead atoms. The topological polar surface area (TPSA) is 54.9 Å². The fraction of sp³-hybridized carbons (Fsp3) is 0.176. The lowest BCUT2D eigenvalue weighted by Gasteiger charge is -2.09. The van der Waals surface area contributed by atoms with Gasteiger partial charge in [-0.3, -0.25) is 5.43 Å². The Morgan fingerprint density at radius 3 is 2.54 bits per heavy atom. The van der Waals surface area contributed by atoms with E-state index in [1.807, 2.05) is 42.5 Å². The Kier molecular flexibility index (Phi) is 7.02. The van der Waals surface area contributed by atoms with Gasteiger partial charge < -0.3 is 14.8 Å². The molecule has 0 aliphatic carbocycles. The van der Waals surface area contributed by atoms with Crippen LogP contribution in [0.25, 0.3) is 0 Å². The van der Waals surface area contributed by atoms with Crippen molar-refractivity contribution in [2.45, 2.75) is 6.54 Å². The van der Waals surface area contributed by atoms with Gasteiger partial charge in [0.05, 0.1) is 24.9 Å². The Hall–Kier alpha value is -2.12. The molecule has 0 aliphatic rings. The fourth-order valence-corrected chi connectivity index (χ4v) is 2.61. The zero-order chi connectivity index (χ0) is 17.4. The first-order valence-corrected chi connectivity index (χ1v) is 8.36. The van der Waals surface area contributed by atoms with E-state index in [2.05, 4.69) is 31.8 Å². The molecule has 0 unspecified atom stereocenters. The highest BCUT2D eigenvalue weighted by Gasteiger charge is 2.02. The Morgan fingerprint density at radius 2 is 1.92 bits per heavy atom. The van der Waals surface area contributed by atoms with Gasteiger partial charge in [-0.1, -0.05) is 6.07 Å². The Bertz CT molecular complexity index is 720. The average Bonchev–Trinajstić information content (AvgIpc) is 2.60. The molecule has 2 N–H and O–H groups in total. The lowest BCUT2D eigenvalue weighted by atomic mass is 10.2. The lowest BCUT2D eigenvalue weighted by Crippen LogP contribution is -2.31. The van der Waals surface area contributed by atoms with Crippen LogP contribution in [0.2, 0.25) is 0 Å². The SMILES string of the molecule is COc1ccc(C=NNC(=S)NCc2ccc(OC)c(Br)c2)cc1. The molecule has 2 aromatic carbocycles. The van der Waals surface area contributed by atoms with Crippen LogP contribution in [-0.4, -0.2) is 25.5 Å². The van der Waals surface area contributed by atoms with Gasteiger partial charge in [0.15, 0.2) is 5.11 Å². The summed E-state index contributed by atoms with van der Waals surface area (Å²) in [4.78, 5) is 0. The van der Waals surface area contributed by atoms with Crippen LogP contribution in [0.1, 0.15) is 11.1 Å². The standard InChI is InChI=1S/C17H18BrN3O2S/c1-22-14-6-3-12(4-7-14)11-20-21-17(24)19-10-13-5-8-16(23-2)15(18)9-13/h3-9,11H,10H2,1-2H3,(H2,19,21,24). The predicted octanol–water partition coefficient (Wildman–Crippen LogP) is 3.46. The summed E-state index contributed by atoms with van der Waals surface area (Å²) in [6.45, 7) is 0.590. The number of hydrogen-bond donors (Lipinski definition) is 2. The molecule has 126 valence electrons. The molecular formula is C17H18BrN3O2S. The van der Waals surface area contributed by atoms with E-state index in [4.69, 9.17) is 21.7 Å². The molecule has 0 fully saturated rings. The minimum atomic E-state index is 0.451. The summed E-state index contributed by atoms with van der Waals surface area (Å²) in [6.07, 6.45) is 1.69. The number of thiocarbonyl (C=S) groups is 1. The molecule has 0 amide bonds. The van der Waals surface area contributed by atoms with Crippen molar-refractivity contribution < 1.29 is 9.47 Å². The number of hydrogen-bond acceptors (Lipinski definition) is 4. The van der Waals surface area contributed by atoms with Gasteiger partial charge in [0, 0.05) is 6.54 Å². The van der Waals surface area contributed by atoms with Crippen LogP contribution in [0, 0.1) is 0 Å². The molecule has 0 heterocycles. The molecule has 0 radical (unpaired) electrons. The highest BCUT2D eigenvalue weighted by molar-refractivity contribution is 9.10. The maximum Gasteiger partial charge on any atom is 0.187 e. The van der Waals surface area contributed by atoms with Gasteiger partial charge in [-0.15, -0.1) is 0 Å². The molecule has 0 spiro atoms. The van der Waals surface area contributed by atoms with Crippen molar-refractivity contribution in [3.05, 3.63) is 58.1 Å². The monoisotopic (exact) mass is 407 g/mol. The molecule has 0 atom stereocenters. The van der Waals surface area contributed by atoms with E-state index in [1.54, 1.807) is 20.4 Å². The van der Waals surface area contributed by atoms with E-state index in [1.165, 1.54) is 0 Å². The van der Waals surface area contributed by atoms with Crippen molar-refractivity contribution in [1.82, 2.24) is 10.7 Å². The molecule has 2 aromatic rings. The van der Waals surface area contributed by atoms with Crippen molar-refractivity contribution in [2.24, 2.45) is 5.10 Å². The first kappa shape index (κ1) is 18.2. The Labute approximate surface area is 155 Å². The van der Waals surface area contributed by atoms with Crippen LogP contribution in [-0.2, 0) is 6.54 Å². The second kappa shape index (κ2) is 9.24. The van der Waals surface area contributed by atoms with Crippen LogP contribution in [0.4, 0.5) is 0 Å². The number of rotatable bonds is 6. The molecule has 0 saturated heterocycles. The number of methoxy groups -OCH3 is 2. The molecule has 5 nitrogen and oxygen atoms in total. The largest absolute Gasteiger partial charge is 0.497 e. The van der Waals surface area contributed by atoms with Crippen molar-refractivity contribution >= 4 is 39.5 Å². The number of benzene rings is 2. The van der Waals surface area contributed by atoms with Gasteiger partial charge in [0.2, 0.25) is 0 Å². The van der Waals surface area contributed by atoms with Crippen LogP contribution in [0.15, 0.2) is 52.0 Å². The van der Waals surface area contributed by atoms with E-state index >= 15 is 0 Å². The zero-order valence-corrected chi connectivity index (χ0v) is 15.8. The van der Waals surface area contributed by atoms with E-state index in [0.717, 1.165) is 27.1 Å². The van der Waals surface area contributed by atoms with Crippen LogP contribution >= 0.6 is 28.1 Å². The number of nitrogens with zero attached hydrogens (tertiary/aromatic N) is 1. The first-order valence-electron chi connectivity index (χ1n) is 7.15. The van der Waals surface area contributed by atoms with Crippen molar-refractivity contribution in [1.29, 1.82) is 0 Å². The zero-order valence-electron chi connectivity index (χ0n) is 13.4. The quantitative estimate of drug-likeness (QED) is 0.436. The minimum absolute atomic E-state index is 0.451. The van der Waals surface area contributed by atoms with Gasteiger partial charge in [-0.2, -0.15) is 5.10 Å². The van der Waals surface area contributed by atoms with E-state index < -0.39 is 0 Å². The number of halogens is 1. The third-order valence-electron chi connectivity index (χ3n) is 3.16. The predicted molar refractivity (Wildman–Crippen MR) is 104 cm³/mol. The smallest absolute Gasteiger partial charge is 0.187 e.